The monoisotopic (exact) mass is 371 g/mol. The predicted octanol–water partition coefficient (Wildman–Crippen LogP) is 2.53. The Kier molecular flexibility index (Phi) is 3.90. The quantitative estimate of drug-likeness (QED) is 0.808. The van der Waals surface area contributed by atoms with E-state index in [2.05, 4.69) is 26.8 Å². The first-order valence-corrected chi connectivity index (χ1v) is 10.4. The van der Waals surface area contributed by atoms with Crippen molar-refractivity contribution in [3.8, 4) is 0 Å². The summed E-state index contributed by atoms with van der Waals surface area (Å²) in [4.78, 5) is 26.2. The zero-order valence-corrected chi connectivity index (χ0v) is 16.0. The Morgan fingerprint density at radius 2 is 2.08 bits per heavy atom. The molecule has 1 aliphatic heterocycles. The highest BCUT2D eigenvalue weighted by Crippen LogP contribution is 2.56. The summed E-state index contributed by atoms with van der Waals surface area (Å²) in [5, 5.41) is 3.24. The molecular weight excluding hydrogens is 346 g/mol. The van der Waals surface area contributed by atoms with E-state index in [0.29, 0.717) is 23.3 Å². The third-order valence-electron chi connectivity index (χ3n) is 6.40. The molecule has 1 spiro atoms. The minimum atomic E-state index is 0.0965. The summed E-state index contributed by atoms with van der Waals surface area (Å²) in [5.41, 5.74) is 0.534. The highest BCUT2D eigenvalue weighted by molar-refractivity contribution is 7.09. The van der Waals surface area contributed by atoms with Gasteiger partial charge in [-0.1, -0.05) is 0 Å². The van der Waals surface area contributed by atoms with Crippen LogP contribution in [-0.4, -0.2) is 45.6 Å². The molecule has 0 N–H and O–H groups in total. The maximum absolute atomic E-state index is 12.7. The van der Waals surface area contributed by atoms with E-state index >= 15 is 0 Å². The van der Waals surface area contributed by atoms with Crippen molar-refractivity contribution in [2.45, 2.75) is 50.7 Å². The minimum absolute atomic E-state index is 0.0965. The Balaban J connectivity index is 1.23. The van der Waals surface area contributed by atoms with Gasteiger partial charge in [-0.2, -0.15) is 0 Å². The van der Waals surface area contributed by atoms with E-state index in [1.54, 1.807) is 17.5 Å². The fourth-order valence-corrected chi connectivity index (χ4v) is 5.26. The van der Waals surface area contributed by atoms with Crippen LogP contribution >= 0.6 is 11.3 Å². The van der Waals surface area contributed by atoms with Crippen molar-refractivity contribution < 1.29 is 0 Å². The van der Waals surface area contributed by atoms with E-state index in [9.17, 15) is 4.79 Å². The highest BCUT2D eigenvalue weighted by Gasteiger charge is 2.56. The first-order chi connectivity index (χ1) is 12.7. The van der Waals surface area contributed by atoms with Crippen molar-refractivity contribution in [1.29, 1.82) is 0 Å². The van der Waals surface area contributed by atoms with Crippen LogP contribution in [0.3, 0.4) is 0 Å². The zero-order valence-electron chi connectivity index (χ0n) is 15.2. The first kappa shape index (κ1) is 16.4. The molecule has 1 saturated heterocycles. The van der Waals surface area contributed by atoms with Crippen LogP contribution in [0.25, 0.3) is 0 Å². The second kappa shape index (κ2) is 6.16. The largest absolute Gasteiger partial charge is 0.352 e. The van der Waals surface area contributed by atoms with Crippen molar-refractivity contribution in [1.82, 2.24) is 19.4 Å². The van der Waals surface area contributed by atoms with Crippen molar-refractivity contribution >= 4 is 17.2 Å². The van der Waals surface area contributed by atoms with Crippen LogP contribution in [0.5, 0.6) is 0 Å². The summed E-state index contributed by atoms with van der Waals surface area (Å²) in [5.74, 6) is 0.655. The topological polar surface area (TPSA) is 54.3 Å². The zero-order chi connectivity index (χ0) is 17.7. The molecule has 0 bridgehead atoms. The number of anilines is 1. The molecule has 3 fully saturated rings. The Hall–Kier alpha value is -1.73. The number of rotatable bonds is 5. The van der Waals surface area contributed by atoms with E-state index in [1.807, 2.05) is 22.3 Å². The number of hydrogen-bond acceptors (Lipinski definition) is 6. The second-order valence-electron chi connectivity index (χ2n) is 8.10. The molecule has 2 aliphatic carbocycles. The molecule has 0 aromatic carbocycles. The molecule has 0 amide bonds. The van der Waals surface area contributed by atoms with Crippen LogP contribution in [-0.2, 0) is 6.54 Å². The molecule has 0 unspecified atom stereocenters. The molecule has 3 heterocycles. The summed E-state index contributed by atoms with van der Waals surface area (Å²) in [7, 11) is 2.22. The van der Waals surface area contributed by atoms with Gasteiger partial charge in [-0.05, 0) is 44.6 Å². The lowest BCUT2D eigenvalue weighted by atomic mass is 9.92. The molecule has 2 aromatic heterocycles. The third-order valence-corrected chi connectivity index (χ3v) is 7.16. The van der Waals surface area contributed by atoms with Crippen LogP contribution in [0.15, 0.2) is 28.8 Å². The Labute approximate surface area is 157 Å². The van der Waals surface area contributed by atoms with Gasteiger partial charge in [0.1, 0.15) is 5.01 Å². The van der Waals surface area contributed by atoms with Crippen LogP contribution in [0.4, 0.5) is 5.82 Å². The summed E-state index contributed by atoms with van der Waals surface area (Å²) in [6.07, 6.45) is 11.4. The minimum Gasteiger partial charge on any atom is -0.352 e. The normalized spacial score (nSPS) is 24.4. The summed E-state index contributed by atoms with van der Waals surface area (Å²) < 4.78 is 1.88. The van der Waals surface area contributed by atoms with E-state index < -0.39 is 0 Å². The average molecular weight is 372 g/mol. The lowest BCUT2D eigenvalue weighted by molar-refractivity contribution is 0.238. The van der Waals surface area contributed by atoms with E-state index in [0.717, 1.165) is 45.3 Å². The summed E-state index contributed by atoms with van der Waals surface area (Å²) in [6.45, 7) is 2.83. The molecule has 2 aromatic rings. The summed E-state index contributed by atoms with van der Waals surface area (Å²) >= 11 is 1.73. The van der Waals surface area contributed by atoms with Gasteiger partial charge in [0.05, 0.1) is 6.54 Å². The molecule has 2 saturated carbocycles. The van der Waals surface area contributed by atoms with Gasteiger partial charge in [0, 0.05) is 49.1 Å². The number of nitrogens with zero attached hydrogens (tertiary/aromatic N) is 5. The first-order valence-electron chi connectivity index (χ1n) is 9.57. The van der Waals surface area contributed by atoms with Crippen molar-refractivity contribution in [2.24, 2.45) is 5.41 Å². The van der Waals surface area contributed by atoms with Crippen molar-refractivity contribution in [2.75, 3.05) is 25.0 Å². The molecular formula is C19H25N5OS. The van der Waals surface area contributed by atoms with Crippen LogP contribution in [0.1, 0.15) is 43.2 Å². The fourth-order valence-electron chi connectivity index (χ4n) is 4.58. The Bertz CT molecular complexity index is 836. The standard InChI is InChI=1S/C19H25N5OS/c1-22(13-16-20-7-11-26-16)15-12-19(15)4-8-23(9-5-19)17-18(25)24(10-6-21-17)14-2-3-14/h6-7,10-11,14-15H,2-5,8-9,12-13H2,1H3/t15-/m1/s1. The number of aromatic nitrogens is 3. The smallest absolute Gasteiger partial charge is 0.293 e. The van der Waals surface area contributed by atoms with Crippen molar-refractivity contribution in [3.63, 3.8) is 0 Å². The van der Waals surface area contributed by atoms with Gasteiger partial charge >= 0.3 is 0 Å². The average Bonchev–Trinajstić information content (AvgIpc) is 3.55. The number of thiazole rings is 1. The van der Waals surface area contributed by atoms with E-state index in [1.165, 1.54) is 11.4 Å². The second-order valence-corrected chi connectivity index (χ2v) is 9.08. The van der Waals surface area contributed by atoms with Gasteiger partial charge in [-0.25, -0.2) is 9.97 Å². The molecule has 138 valence electrons. The van der Waals surface area contributed by atoms with Gasteiger partial charge in [0.2, 0.25) is 0 Å². The predicted molar refractivity (Wildman–Crippen MR) is 103 cm³/mol. The SMILES string of the molecule is CN(Cc1nccs1)[C@@H]1CC12CCN(c1nccn(C3CC3)c1=O)CC2. The molecule has 3 aliphatic rings. The van der Waals surface area contributed by atoms with Gasteiger partial charge < -0.3 is 9.47 Å². The molecule has 1 atom stereocenters. The maximum atomic E-state index is 12.7. The van der Waals surface area contributed by atoms with Gasteiger partial charge in [0.25, 0.3) is 5.56 Å². The molecule has 7 heteroatoms. The molecule has 5 rings (SSSR count). The van der Waals surface area contributed by atoms with E-state index in [4.69, 9.17) is 0 Å². The summed E-state index contributed by atoms with van der Waals surface area (Å²) in [6, 6.07) is 1.06. The number of piperidine rings is 1. The molecule has 26 heavy (non-hydrogen) atoms. The molecule has 0 radical (unpaired) electrons. The van der Waals surface area contributed by atoms with Gasteiger partial charge in [-0.3, -0.25) is 9.69 Å². The third kappa shape index (κ3) is 2.87. The van der Waals surface area contributed by atoms with Gasteiger partial charge in [0.15, 0.2) is 5.82 Å². The fraction of sp³-hybridized carbons (Fsp3) is 0.632. The van der Waals surface area contributed by atoms with Crippen LogP contribution in [0, 0.1) is 5.41 Å². The number of hydrogen-bond donors (Lipinski definition) is 0. The molecule has 6 nitrogen and oxygen atoms in total. The maximum Gasteiger partial charge on any atom is 0.293 e. The van der Waals surface area contributed by atoms with Gasteiger partial charge in [-0.15, -0.1) is 11.3 Å². The Morgan fingerprint density at radius 1 is 1.27 bits per heavy atom. The lowest BCUT2D eigenvalue weighted by Gasteiger charge is -2.34. The lowest BCUT2D eigenvalue weighted by Crippen LogP contribution is -2.41. The van der Waals surface area contributed by atoms with E-state index in [-0.39, 0.29) is 5.56 Å². The van der Waals surface area contributed by atoms with Crippen LogP contribution in [0.2, 0.25) is 0 Å². The Morgan fingerprint density at radius 3 is 2.77 bits per heavy atom. The van der Waals surface area contributed by atoms with Crippen molar-refractivity contribution in [3.05, 3.63) is 39.3 Å². The highest BCUT2D eigenvalue weighted by atomic mass is 32.1. The van der Waals surface area contributed by atoms with Crippen LogP contribution < -0.4 is 10.5 Å².